The van der Waals surface area contributed by atoms with Gasteiger partial charge in [-0.3, -0.25) is 9.59 Å². The molecule has 0 heterocycles. The summed E-state index contributed by atoms with van der Waals surface area (Å²) < 4.78 is 4.87. The summed E-state index contributed by atoms with van der Waals surface area (Å²) in [5.41, 5.74) is 1.44. The summed E-state index contributed by atoms with van der Waals surface area (Å²) in [5, 5.41) is 0. The molecule has 0 aliphatic heterocycles. The predicted octanol–water partition coefficient (Wildman–Crippen LogP) is 2.05. The molecule has 1 rings (SSSR count). The SMILES string of the molecule is CCOC(=O)Cc1ccc(C(=O)/C=C/N(C)C)cc1. The largest absolute Gasteiger partial charge is 0.466 e. The van der Waals surface area contributed by atoms with E-state index in [0.717, 1.165) is 5.56 Å². The fourth-order valence-electron chi connectivity index (χ4n) is 1.48. The standard InChI is InChI=1S/C15H19NO3/c1-4-19-15(18)11-12-5-7-13(8-6-12)14(17)9-10-16(2)3/h5-10H,4,11H2,1-3H3/b10-9+. The highest BCUT2D eigenvalue weighted by molar-refractivity contribution is 6.04. The molecule has 0 aromatic heterocycles. The zero-order valence-electron chi connectivity index (χ0n) is 11.6. The Labute approximate surface area is 113 Å². The Bertz CT molecular complexity index is 461. The molecule has 0 unspecified atom stereocenters. The van der Waals surface area contributed by atoms with Gasteiger partial charge in [-0.15, -0.1) is 0 Å². The van der Waals surface area contributed by atoms with E-state index in [2.05, 4.69) is 0 Å². The van der Waals surface area contributed by atoms with Crippen LogP contribution in [-0.4, -0.2) is 37.4 Å². The first-order chi connectivity index (χ1) is 9.02. The Morgan fingerprint density at radius 3 is 2.37 bits per heavy atom. The van der Waals surface area contributed by atoms with Crippen molar-refractivity contribution in [1.82, 2.24) is 4.90 Å². The van der Waals surface area contributed by atoms with Crippen LogP contribution in [0.5, 0.6) is 0 Å². The van der Waals surface area contributed by atoms with Crippen LogP contribution in [0.3, 0.4) is 0 Å². The number of carbonyl (C=O) groups excluding carboxylic acids is 2. The van der Waals surface area contributed by atoms with Crippen molar-refractivity contribution in [3.8, 4) is 0 Å². The molecule has 0 amide bonds. The van der Waals surface area contributed by atoms with Crippen molar-refractivity contribution in [3.05, 3.63) is 47.7 Å². The zero-order chi connectivity index (χ0) is 14.3. The summed E-state index contributed by atoms with van der Waals surface area (Å²) in [7, 11) is 3.71. The van der Waals surface area contributed by atoms with Gasteiger partial charge in [-0.1, -0.05) is 24.3 Å². The first-order valence-electron chi connectivity index (χ1n) is 6.16. The fraction of sp³-hybridized carbons (Fsp3) is 0.333. The predicted molar refractivity (Wildman–Crippen MR) is 73.9 cm³/mol. The van der Waals surface area contributed by atoms with Crippen molar-refractivity contribution in [3.63, 3.8) is 0 Å². The normalized spacial score (nSPS) is 10.5. The summed E-state index contributed by atoms with van der Waals surface area (Å²) >= 11 is 0. The van der Waals surface area contributed by atoms with E-state index in [0.29, 0.717) is 12.2 Å². The van der Waals surface area contributed by atoms with E-state index < -0.39 is 0 Å². The number of hydrogen-bond donors (Lipinski definition) is 0. The monoisotopic (exact) mass is 261 g/mol. The van der Waals surface area contributed by atoms with E-state index in [1.807, 2.05) is 14.1 Å². The third-order valence-corrected chi connectivity index (χ3v) is 2.42. The molecule has 4 heteroatoms. The number of ketones is 1. The first-order valence-corrected chi connectivity index (χ1v) is 6.16. The van der Waals surface area contributed by atoms with Gasteiger partial charge in [-0.05, 0) is 12.5 Å². The highest BCUT2D eigenvalue weighted by Crippen LogP contribution is 2.07. The van der Waals surface area contributed by atoms with Gasteiger partial charge in [0.2, 0.25) is 0 Å². The van der Waals surface area contributed by atoms with Gasteiger partial charge in [0.05, 0.1) is 13.0 Å². The molecule has 0 saturated heterocycles. The van der Waals surface area contributed by atoms with E-state index in [9.17, 15) is 9.59 Å². The Hall–Kier alpha value is -2.10. The number of esters is 1. The molecule has 0 radical (unpaired) electrons. The third-order valence-electron chi connectivity index (χ3n) is 2.42. The molecule has 0 bridgehead atoms. The summed E-state index contributed by atoms with van der Waals surface area (Å²) in [6.45, 7) is 2.15. The average molecular weight is 261 g/mol. The maximum Gasteiger partial charge on any atom is 0.310 e. The topological polar surface area (TPSA) is 46.6 Å². The molecule has 0 aliphatic carbocycles. The average Bonchev–Trinajstić information content (AvgIpc) is 2.37. The Morgan fingerprint density at radius 1 is 1.21 bits per heavy atom. The van der Waals surface area contributed by atoms with Crippen LogP contribution < -0.4 is 0 Å². The molecule has 0 saturated carbocycles. The van der Waals surface area contributed by atoms with Gasteiger partial charge in [0.25, 0.3) is 0 Å². The van der Waals surface area contributed by atoms with Crippen LogP contribution in [0.4, 0.5) is 0 Å². The number of rotatable bonds is 6. The van der Waals surface area contributed by atoms with Crippen LogP contribution in [-0.2, 0) is 16.0 Å². The number of hydrogen-bond acceptors (Lipinski definition) is 4. The second-order valence-corrected chi connectivity index (χ2v) is 4.32. The van der Waals surface area contributed by atoms with Crippen LogP contribution in [0, 0.1) is 0 Å². The van der Waals surface area contributed by atoms with E-state index in [1.54, 1.807) is 42.3 Å². The van der Waals surface area contributed by atoms with Gasteiger partial charge in [-0.25, -0.2) is 0 Å². The molecular formula is C15H19NO3. The number of nitrogens with zero attached hydrogens (tertiary/aromatic N) is 1. The van der Waals surface area contributed by atoms with Crippen molar-refractivity contribution in [2.24, 2.45) is 0 Å². The minimum Gasteiger partial charge on any atom is -0.466 e. The lowest BCUT2D eigenvalue weighted by atomic mass is 10.1. The Kier molecular flexibility index (Phi) is 5.79. The fourth-order valence-corrected chi connectivity index (χ4v) is 1.48. The van der Waals surface area contributed by atoms with Crippen molar-refractivity contribution in [2.45, 2.75) is 13.3 Å². The highest BCUT2D eigenvalue weighted by atomic mass is 16.5. The maximum atomic E-state index is 11.8. The molecule has 1 aromatic carbocycles. The second kappa shape index (κ2) is 7.36. The van der Waals surface area contributed by atoms with E-state index in [1.165, 1.54) is 6.08 Å². The molecule has 0 N–H and O–H groups in total. The van der Waals surface area contributed by atoms with E-state index >= 15 is 0 Å². The minimum atomic E-state index is -0.255. The zero-order valence-corrected chi connectivity index (χ0v) is 11.6. The molecule has 0 spiro atoms. The van der Waals surface area contributed by atoms with Crippen LogP contribution in [0.15, 0.2) is 36.5 Å². The molecule has 1 aromatic rings. The number of benzene rings is 1. The lowest BCUT2D eigenvalue weighted by Crippen LogP contribution is -2.07. The van der Waals surface area contributed by atoms with E-state index in [4.69, 9.17) is 4.74 Å². The first kappa shape index (κ1) is 15.0. The lowest BCUT2D eigenvalue weighted by molar-refractivity contribution is -0.142. The molecule has 102 valence electrons. The Morgan fingerprint density at radius 2 is 1.84 bits per heavy atom. The Balaban J connectivity index is 2.66. The van der Waals surface area contributed by atoms with Crippen molar-refractivity contribution in [2.75, 3.05) is 20.7 Å². The third kappa shape index (κ3) is 5.38. The highest BCUT2D eigenvalue weighted by Gasteiger charge is 2.05. The number of ether oxygens (including phenoxy) is 1. The van der Waals surface area contributed by atoms with E-state index in [-0.39, 0.29) is 18.2 Å². The molecule has 0 atom stereocenters. The molecule has 0 aliphatic rings. The quantitative estimate of drug-likeness (QED) is 0.447. The van der Waals surface area contributed by atoms with Crippen LogP contribution >= 0.6 is 0 Å². The van der Waals surface area contributed by atoms with Crippen molar-refractivity contribution < 1.29 is 14.3 Å². The molecule has 19 heavy (non-hydrogen) atoms. The van der Waals surface area contributed by atoms with Crippen molar-refractivity contribution >= 4 is 11.8 Å². The van der Waals surface area contributed by atoms with Crippen LogP contribution in [0.25, 0.3) is 0 Å². The number of allylic oxidation sites excluding steroid dienone is 1. The summed E-state index contributed by atoms with van der Waals surface area (Å²) in [4.78, 5) is 24.9. The van der Waals surface area contributed by atoms with Crippen LogP contribution in [0.2, 0.25) is 0 Å². The molecule has 0 fully saturated rings. The maximum absolute atomic E-state index is 11.8. The van der Waals surface area contributed by atoms with Crippen molar-refractivity contribution in [1.29, 1.82) is 0 Å². The smallest absolute Gasteiger partial charge is 0.310 e. The molecular weight excluding hydrogens is 242 g/mol. The van der Waals surface area contributed by atoms with Gasteiger partial charge >= 0.3 is 5.97 Å². The van der Waals surface area contributed by atoms with Crippen LogP contribution in [0.1, 0.15) is 22.8 Å². The van der Waals surface area contributed by atoms with Gasteiger partial charge < -0.3 is 9.64 Å². The number of carbonyl (C=O) groups is 2. The minimum absolute atomic E-state index is 0.0589. The lowest BCUT2D eigenvalue weighted by Gasteiger charge is -2.04. The summed E-state index contributed by atoms with van der Waals surface area (Å²) in [5.74, 6) is -0.314. The van der Waals surface area contributed by atoms with Gasteiger partial charge in [0.15, 0.2) is 5.78 Å². The second-order valence-electron chi connectivity index (χ2n) is 4.32. The molecule has 4 nitrogen and oxygen atoms in total. The summed E-state index contributed by atoms with van der Waals surface area (Å²) in [6.07, 6.45) is 3.45. The summed E-state index contributed by atoms with van der Waals surface area (Å²) in [6, 6.07) is 6.98. The van der Waals surface area contributed by atoms with Gasteiger partial charge in [0, 0.05) is 31.9 Å². The van der Waals surface area contributed by atoms with Gasteiger partial charge in [0.1, 0.15) is 0 Å². The van der Waals surface area contributed by atoms with Gasteiger partial charge in [-0.2, -0.15) is 0 Å².